The maximum atomic E-state index is 11.3. The second kappa shape index (κ2) is 4.41. The molecule has 0 bridgehead atoms. The molecule has 0 N–H and O–H groups in total. The number of hydrogen-bond acceptors (Lipinski definition) is 1. The molecular weight excluding hydrogens is 216 g/mol. The summed E-state index contributed by atoms with van der Waals surface area (Å²) in [6.45, 7) is 1.85. The van der Waals surface area contributed by atoms with Crippen molar-refractivity contribution in [3.05, 3.63) is 35.9 Å². The summed E-state index contributed by atoms with van der Waals surface area (Å²) in [6, 6.07) is 9.77. The Morgan fingerprint density at radius 1 is 1.42 bits per heavy atom. The van der Waals surface area contributed by atoms with Crippen LogP contribution in [0.1, 0.15) is 12.5 Å². The van der Waals surface area contributed by atoms with E-state index < -0.39 is 0 Å². The summed E-state index contributed by atoms with van der Waals surface area (Å²) in [6.07, 6.45) is 0.521. The van der Waals surface area contributed by atoms with Gasteiger partial charge in [0.15, 0.2) is 5.78 Å². The molecule has 2 heteroatoms. The molecule has 0 aliphatic rings. The fraction of sp³-hybridized carbons (Fsp3) is 0.300. The van der Waals surface area contributed by atoms with E-state index in [0.29, 0.717) is 6.42 Å². The molecule has 1 atom stereocenters. The zero-order valence-electron chi connectivity index (χ0n) is 6.96. The van der Waals surface area contributed by atoms with Crippen molar-refractivity contribution in [3.63, 3.8) is 0 Å². The Bertz CT molecular complexity index is 254. The van der Waals surface area contributed by atoms with E-state index in [9.17, 15) is 4.79 Å². The van der Waals surface area contributed by atoms with E-state index in [1.165, 1.54) is 0 Å². The number of ketones is 1. The van der Waals surface area contributed by atoms with E-state index in [0.717, 1.165) is 5.56 Å². The van der Waals surface area contributed by atoms with Gasteiger partial charge in [-0.15, -0.1) is 0 Å². The van der Waals surface area contributed by atoms with Gasteiger partial charge in [-0.3, -0.25) is 4.79 Å². The van der Waals surface area contributed by atoms with Crippen molar-refractivity contribution in [1.82, 2.24) is 0 Å². The molecule has 0 fully saturated rings. The number of carbonyl (C=O) groups is 1. The van der Waals surface area contributed by atoms with E-state index in [1.807, 2.05) is 37.3 Å². The Morgan fingerprint density at radius 2 is 2.00 bits per heavy atom. The van der Waals surface area contributed by atoms with Crippen molar-refractivity contribution in [2.45, 2.75) is 18.2 Å². The third-order valence-electron chi connectivity index (χ3n) is 1.66. The summed E-state index contributed by atoms with van der Waals surface area (Å²) >= 11 is 3.25. The predicted molar refractivity (Wildman–Crippen MR) is 53.5 cm³/mol. The van der Waals surface area contributed by atoms with Crippen molar-refractivity contribution in [1.29, 1.82) is 0 Å². The van der Waals surface area contributed by atoms with Crippen molar-refractivity contribution < 1.29 is 4.79 Å². The molecule has 12 heavy (non-hydrogen) atoms. The van der Waals surface area contributed by atoms with Gasteiger partial charge in [-0.25, -0.2) is 0 Å². The molecule has 0 aliphatic heterocycles. The normalized spacial score (nSPS) is 12.5. The molecule has 0 heterocycles. The Balaban J connectivity index is 2.59. The SMILES string of the molecule is CC(Br)C(=O)Cc1ccccc1. The van der Waals surface area contributed by atoms with Gasteiger partial charge in [0.2, 0.25) is 0 Å². The highest BCUT2D eigenvalue weighted by atomic mass is 79.9. The van der Waals surface area contributed by atoms with Gasteiger partial charge >= 0.3 is 0 Å². The minimum atomic E-state index is -0.0438. The molecule has 64 valence electrons. The maximum Gasteiger partial charge on any atom is 0.150 e. The molecule has 0 radical (unpaired) electrons. The van der Waals surface area contributed by atoms with Crippen molar-refractivity contribution >= 4 is 21.7 Å². The summed E-state index contributed by atoms with van der Waals surface area (Å²) in [5, 5.41) is 0. The lowest BCUT2D eigenvalue weighted by atomic mass is 10.1. The van der Waals surface area contributed by atoms with E-state index in [4.69, 9.17) is 0 Å². The summed E-state index contributed by atoms with van der Waals surface area (Å²) in [7, 11) is 0. The van der Waals surface area contributed by atoms with Crippen molar-refractivity contribution in [3.8, 4) is 0 Å². The van der Waals surface area contributed by atoms with Gasteiger partial charge in [0.25, 0.3) is 0 Å². The minimum absolute atomic E-state index is 0.0438. The molecule has 0 saturated carbocycles. The highest BCUT2D eigenvalue weighted by molar-refractivity contribution is 9.10. The van der Waals surface area contributed by atoms with E-state index in [-0.39, 0.29) is 10.6 Å². The third-order valence-corrected chi connectivity index (χ3v) is 2.18. The van der Waals surface area contributed by atoms with E-state index in [2.05, 4.69) is 15.9 Å². The van der Waals surface area contributed by atoms with E-state index in [1.54, 1.807) is 0 Å². The highest BCUT2D eigenvalue weighted by Crippen LogP contribution is 2.06. The van der Waals surface area contributed by atoms with Gasteiger partial charge < -0.3 is 0 Å². The number of halogens is 1. The zero-order chi connectivity index (χ0) is 8.97. The number of benzene rings is 1. The predicted octanol–water partition coefficient (Wildman–Crippen LogP) is 2.58. The van der Waals surface area contributed by atoms with Crippen LogP contribution in [0, 0.1) is 0 Å². The number of hydrogen-bond donors (Lipinski definition) is 0. The number of rotatable bonds is 3. The van der Waals surface area contributed by atoms with Crippen LogP contribution in [-0.4, -0.2) is 10.6 Å². The Morgan fingerprint density at radius 3 is 2.50 bits per heavy atom. The molecular formula is C10H11BrO. The van der Waals surface area contributed by atoms with Crippen LogP contribution in [-0.2, 0) is 11.2 Å². The van der Waals surface area contributed by atoms with Crippen LogP contribution in [0.3, 0.4) is 0 Å². The standard InChI is InChI=1S/C10H11BrO/c1-8(11)10(12)7-9-5-3-2-4-6-9/h2-6,8H,7H2,1H3. The van der Waals surface area contributed by atoms with Gasteiger partial charge in [0.1, 0.15) is 0 Å². The monoisotopic (exact) mass is 226 g/mol. The van der Waals surface area contributed by atoms with Gasteiger partial charge in [0.05, 0.1) is 4.83 Å². The highest BCUT2D eigenvalue weighted by Gasteiger charge is 2.08. The van der Waals surface area contributed by atoms with Crippen LogP contribution < -0.4 is 0 Å². The number of Topliss-reactive ketones (excluding diaryl/α,β-unsaturated/α-hetero) is 1. The molecule has 0 aromatic heterocycles. The first kappa shape index (κ1) is 9.46. The number of alkyl halides is 1. The number of carbonyl (C=O) groups excluding carboxylic acids is 1. The summed E-state index contributed by atoms with van der Waals surface area (Å²) < 4.78 is 0. The fourth-order valence-electron chi connectivity index (χ4n) is 0.938. The fourth-order valence-corrected chi connectivity index (χ4v) is 1.10. The van der Waals surface area contributed by atoms with Crippen LogP contribution in [0.5, 0.6) is 0 Å². The Kier molecular flexibility index (Phi) is 3.48. The first-order chi connectivity index (χ1) is 5.70. The molecule has 1 aromatic carbocycles. The third kappa shape index (κ3) is 2.78. The average molecular weight is 227 g/mol. The molecule has 0 amide bonds. The molecule has 1 unspecified atom stereocenters. The molecule has 1 nitrogen and oxygen atoms in total. The van der Waals surface area contributed by atoms with Crippen LogP contribution in [0.25, 0.3) is 0 Å². The lowest BCUT2D eigenvalue weighted by Crippen LogP contribution is -2.12. The lowest BCUT2D eigenvalue weighted by Gasteiger charge is -2.01. The molecule has 0 aliphatic carbocycles. The van der Waals surface area contributed by atoms with Gasteiger partial charge in [-0.05, 0) is 12.5 Å². The Hall–Kier alpha value is -0.630. The Labute approximate surface area is 80.9 Å². The topological polar surface area (TPSA) is 17.1 Å². The van der Waals surface area contributed by atoms with Crippen LogP contribution in [0.2, 0.25) is 0 Å². The smallest absolute Gasteiger partial charge is 0.150 e. The maximum absolute atomic E-state index is 11.3. The lowest BCUT2D eigenvalue weighted by molar-refractivity contribution is -0.117. The summed E-state index contributed by atoms with van der Waals surface area (Å²) in [5.41, 5.74) is 1.08. The first-order valence-corrected chi connectivity index (χ1v) is 4.82. The first-order valence-electron chi connectivity index (χ1n) is 3.91. The second-order valence-corrected chi connectivity index (χ2v) is 4.12. The largest absolute Gasteiger partial charge is 0.298 e. The van der Waals surface area contributed by atoms with Crippen molar-refractivity contribution in [2.24, 2.45) is 0 Å². The van der Waals surface area contributed by atoms with Crippen LogP contribution in [0.15, 0.2) is 30.3 Å². The average Bonchev–Trinajstić information content (AvgIpc) is 2.06. The molecule has 1 aromatic rings. The van der Waals surface area contributed by atoms with Crippen LogP contribution in [0.4, 0.5) is 0 Å². The second-order valence-electron chi connectivity index (χ2n) is 2.74. The van der Waals surface area contributed by atoms with Gasteiger partial charge in [0, 0.05) is 6.42 Å². The molecule has 1 rings (SSSR count). The summed E-state index contributed by atoms with van der Waals surface area (Å²) in [5.74, 6) is 0.223. The van der Waals surface area contributed by atoms with Crippen molar-refractivity contribution in [2.75, 3.05) is 0 Å². The van der Waals surface area contributed by atoms with Gasteiger partial charge in [-0.1, -0.05) is 46.3 Å². The van der Waals surface area contributed by atoms with E-state index >= 15 is 0 Å². The minimum Gasteiger partial charge on any atom is -0.298 e. The quantitative estimate of drug-likeness (QED) is 0.725. The molecule has 0 saturated heterocycles. The zero-order valence-corrected chi connectivity index (χ0v) is 8.54. The van der Waals surface area contributed by atoms with Crippen LogP contribution >= 0.6 is 15.9 Å². The molecule has 0 spiro atoms. The van der Waals surface area contributed by atoms with Gasteiger partial charge in [-0.2, -0.15) is 0 Å². The summed E-state index contributed by atoms with van der Waals surface area (Å²) in [4.78, 5) is 11.2.